The number of benzene rings is 1. The van der Waals surface area contributed by atoms with E-state index in [-0.39, 0.29) is 60.3 Å². The summed E-state index contributed by atoms with van der Waals surface area (Å²) in [6.45, 7) is 10.00. The van der Waals surface area contributed by atoms with Crippen LogP contribution in [-0.2, 0) is 14.3 Å². The third-order valence-electron chi connectivity index (χ3n) is 7.91. The number of methoxy groups -OCH3 is 1. The second kappa shape index (κ2) is 19.7. The molecule has 1 aromatic carbocycles. The first-order valence-corrected chi connectivity index (χ1v) is 15.0. The number of unbranched alkanes of at least 4 members (excludes halogenated alkanes) is 1. The van der Waals surface area contributed by atoms with Gasteiger partial charge in [0.05, 0.1) is 18.3 Å². The summed E-state index contributed by atoms with van der Waals surface area (Å²) in [5.74, 6) is 0.0487. The van der Waals surface area contributed by atoms with Gasteiger partial charge in [-0.25, -0.2) is 0 Å². The Labute approximate surface area is 257 Å². The van der Waals surface area contributed by atoms with Crippen molar-refractivity contribution < 1.29 is 29.0 Å². The van der Waals surface area contributed by atoms with Crippen LogP contribution in [0.1, 0.15) is 76.6 Å². The van der Waals surface area contributed by atoms with Crippen LogP contribution in [0.2, 0.25) is 0 Å². The zero-order chi connectivity index (χ0) is 30.4. The number of aliphatic hydroxyl groups excluding tert-OH is 1. The van der Waals surface area contributed by atoms with E-state index in [2.05, 4.69) is 29.8 Å². The first-order chi connectivity index (χ1) is 19.5. The van der Waals surface area contributed by atoms with Crippen LogP contribution >= 0.6 is 12.4 Å². The van der Waals surface area contributed by atoms with Gasteiger partial charge in [0, 0.05) is 51.2 Å². The Morgan fingerprint density at radius 3 is 2.38 bits per heavy atom. The van der Waals surface area contributed by atoms with Crippen molar-refractivity contribution in [3.63, 3.8) is 0 Å². The first kappa shape index (κ1) is 37.6. The molecule has 1 aliphatic rings. The topological polar surface area (TPSA) is 152 Å². The number of aliphatic hydroxyl groups is 1. The van der Waals surface area contributed by atoms with Crippen molar-refractivity contribution in [2.75, 3.05) is 33.4 Å². The molecule has 0 bridgehead atoms. The SMILES string of the molecule is COCCCCOc1ccccc1C(=O)NCC(CC(N)[C@@H](O)CC(C(=O)NCC1CCC(=O)N1)C(C)C)C(C)C.Cl. The Balaban J connectivity index is 0.00000882. The van der Waals surface area contributed by atoms with E-state index in [1.165, 1.54) is 0 Å². The minimum atomic E-state index is -0.872. The fraction of sp³-hybridized carbons (Fsp3) is 0.710. The van der Waals surface area contributed by atoms with Crippen LogP contribution < -0.4 is 26.4 Å². The van der Waals surface area contributed by atoms with E-state index < -0.39 is 18.1 Å². The summed E-state index contributed by atoms with van der Waals surface area (Å²) in [6, 6.07) is 6.60. The highest BCUT2D eigenvalue weighted by Crippen LogP contribution is 2.24. The van der Waals surface area contributed by atoms with Gasteiger partial charge in [-0.1, -0.05) is 39.8 Å². The smallest absolute Gasteiger partial charge is 0.255 e. The van der Waals surface area contributed by atoms with Crippen molar-refractivity contribution in [3.05, 3.63) is 29.8 Å². The van der Waals surface area contributed by atoms with Crippen LogP contribution in [0, 0.1) is 23.7 Å². The van der Waals surface area contributed by atoms with Crippen LogP contribution in [0.3, 0.4) is 0 Å². The number of para-hydroxylation sites is 1. The van der Waals surface area contributed by atoms with Crippen molar-refractivity contribution in [2.45, 2.75) is 84.4 Å². The third-order valence-corrected chi connectivity index (χ3v) is 7.91. The van der Waals surface area contributed by atoms with E-state index in [0.717, 1.165) is 12.8 Å². The molecule has 4 unspecified atom stereocenters. The number of amides is 3. The van der Waals surface area contributed by atoms with Crippen LogP contribution in [-0.4, -0.2) is 74.4 Å². The first-order valence-electron chi connectivity index (χ1n) is 15.0. The molecule has 11 heteroatoms. The normalized spacial score (nSPS) is 17.6. The molecule has 0 aromatic heterocycles. The molecule has 0 aliphatic carbocycles. The number of carbonyl (C=O) groups excluding carboxylic acids is 3. The van der Waals surface area contributed by atoms with Gasteiger partial charge in [0.2, 0.25) is 11.8 Å². The number of nitrogens with one attached hydrogen (secondary N) is 3. The molecule has 1 heterocycles. The number of nitrogens with two attached hydrogens (primary N) is 1. The van der Waals surface area contributed by atoms with Crippen molar-refractivity contribution in [2.24, 2.45) is 29.4 Å². The van der Waals surface area contributed by atoms with Crippen LogP contribution in [0.25, 0.3) is 0 Å². The van der Waals surface area contributed by atoms with Crippen LogP contribution in [0.4, 0.5) is 0 Å². The van der Waals surface area contributed by atoms with E-state index in [1.807, 2.05) is 26.0 Å². The monoisotopic (exact) mass is 612 g/mol. The van der Waals surface area contributed by atoms with Gasteiger partial charge in [-0.2, -0.15) is 0 Å². The molecule has 2 rings (SSSR count). The lowest BCUT2D eigenvalue weighted by Crippen LogP contribution is -2.45. The zero-order valence-corrected chi connectivity index (χ0v) is 26.7. The fourth-order valence-corrected chi connectivity index (χ4v) is 5.03. The molecule has 1 aliphatic heterocycles. The lowest BCUT2D eigenvalue weighted by atomic mass is 9.83. The quantitative estimate of drug-likeness (QED) is 0.151. The van der Waals surface area contributed by atoms with E-state index in [1.54, 1.807) is 19.2 Å². The summed E-state index contributed by atoms with van der Waals surface area (Å²) in [6.07, 6.45) is 2.77. The van der Waals surface area contributed by atoms with Crippen LogP contribution in [0.5, 0.6) is 5.75 Å². The molecule has 3 amide bonds. The van der Waals surface area contributed by atoms with E-state index in [4.69, 9.17) is 15.2 Å². The number of hydrogen-bond acceptors (Lipinski definition) is 7. The van der Waals surface area contributed by atoms with Gasteiger partial charge in [-0.15, -0.1) is 12.4 Å². The molecule has 1 saturated heterocycles. The summed E-state index contributed by atoms with van der Waals surface area (Å²) < 4.78 is 10.9. The zero-order valence-electron chi connectivity index (χ0n) is 25.9. The van der Waals surface area contributed by atoms with Gasteiger partial charge >= 0.3 is 0 Å². The minimum absolute atomic E-state index is 0. The van der Waals surface area contributed by atoms with Gasteiger partial charge in [0.25, 0.3) is 5.91 Å². The van der Waals surface area contributed by atoms with Gasteiger partial charge in [0.15, 0.2) is 0 Å². The average molecular weight is 613 g/mol. The number of hydrogen-bond donors (Lipinski definition) is 5. The Morgan fingerprint density at radius 1 is 1.07 bits per heavy atom. The van der Waals surface area contributed by atoms with E-state index >= 15 is 0 Å². The van der Waals surface area contributed by atoms with Gasteiger partial charge in [-0.3, -0.25) is 14.4 Å². The predicted molar refractivity (Wildman–Crippen MR) is 167 cm³/mol. The highest BCUT2D eigenvalue weighted by Gasteiger charge is 2.31. The third kappa shape index (κ3) is 12.9. The number of ether oxygens (including phenoxy) is 2. The van der Waals surface area contributed by atoms with Gasteiger partial charge in [0.1, 0.15) is 5.75 Å². The maximum atomic E-state index is 13.1. The van der Waals surface area contributed by atoms with Gasteiger partial charge in [-0.05, 0) is 62.0 Å². The van der Waals surface area contributed by atoms with E-state index in [9.17, 15) is 19.5 Å². The lowest BCUT2D eigenvalue weighted by molar-refractivity contribution is -0.128. The summed E-state index contributed by atoms with van der Waals surface area (Å²) in [4.78, 5) is 37.4. The molecule has 1 aromatic rings. The summed E-state index contributed by atoms with van der Waals surface area (Å²) in [5, 5.41) is 19.8. The maximum absolute atomic E-state index is 13.1. The summed E-state index contributed by atoms with van der Waals surface area (Å²) >= 11 is 0. The molecule has 42 heavy (non-hydrogen) atoms. The molecule has 0 saturated carbocycles. The molecule has 10 nitrogen and oxygen atoms in total. The summed E-state index contributed by atoms with van der Waals surface area (Å²) in [5.41, 5.74) is 6.93. The second-order valence-electron chi connectivity index (χ2n) is 11.9. The van der Waals surface area contributed by atoms with Crippen molar-refractivity contribution in [1.82, 2.24) is 16.0 Å². The van der Waals surface area contributed by atoms with Crippen LogP contribution in [0.15, 0.2) is 24.3 Å². The fourth-order valence-electron chi connectivity index (χ4n) is 5.03. The number of halogens is 1. The largest absolute Gasteiger partial charge is 0.493 e. The molecule has 5 atom stereocenters. The molecule has 6 N–H and O–H groups in total. The Bertz CT molecular complexity index is 963. The molecule has 0 spiro atoms. The van der Waals surface area contributed by atoms with Crippen molar-refractivity contribution >= 4 is 30.1 Å². The predicted octanol–water partition coefficient (Wildman–Crippen LogP) is 3.05. The minimum Gasteiger partial charge on any atom is -0.493 e. The Morgan fingerprint density at radius 2 is 1.76 bits per heavy atom. The highest BCUT2D eigenvalue weighted by molar-refractivity contribution is 5.96. The second-order valence-corrected chi connectivity index (χ2v) is 11.9. The molecule has 240 valence electrons. The standard InChI is InChI=1S/C31H52N4O6.ClH/c1-20(2)22(18-33-30(38)24-10-6-7-11-28(24)41-15-9-8-14-40-5)16-26(32)27(36)17-25(21(3)4)31(39)34-19-23-12-13-29(37)35-23;/h6-7,10-11,20-23,25-27,36H,8-9,12-19,32H2,1-5H3,(H,33,38)(H,34,39)(H,35,37);1H/t22?,23?,25?,26?,27-;/m0./s1. The highest BCUT2D eigenvalue weighted by atomic mass is 35.5. The number of rotatable bonds is 19. The Hall–Kier alpha value is -2.40. The molecule has 0 radical (unpaired) electrons. The maximum Gasteiger partial charge on any atom is 0.255 e. The lowest BCUT2D eigenvalue weighted by Gasteiger charge is -2.30. The Kier molecular flexibility index (Phi) is 17.7. The van der Waals surface area contributed by atoms with E-state index in [0.29, 0.717) is 56.9 Å². The van der Waals surface area contributed by atoms with Gasteiger partial charge < -0.3 is 36.3 Å². The molecular weight excluding hydrogens is 560 g/mol. The molecule has 1 fully saturated rings. The average Bonchev–Trinajstić information content (AvgIpc) is 3.36. The number of carbonyl (C=O) groups is 3. The van der Waals surface area contributed by atoms with Crippen molar-refractivity contribution in [3.8, 4) is 5.75 Å². The van der Waals surface area contributed by atoms with Crippen molar-refractivity contribution in [1.29, 1.82) is 0 Å². The molecular formula is C31H53ClN4O6. The summed E-state index contributed by atoms with van der Waals surface area (Å²) in [7, 11) is 1.67.